The summed E-state index contributed by atoms with van der Waals surface area (Å²) in [6, 6.07) is 17.0. The Morgan fingerprint density at radius 1 is 0.882 bits per heavy atom. The second-order valence-electron chi connectivity index (χ2n) is 8.27. The molecule has 4 aromatic heterocycles. The molecule has 34 heavy (non-hydrogen) atoms. The van der Waals surface area contributed by atoms with Gasteiger partial charge in [-0.2, -0.15) is 5.10 Å². The van der Waals surface area contributed by atoms with E-state index in [1.165, 1.54) is 6.07 Å². The third-order valence-corrected chi connectivity index (χ3v) is 5.96. The predicted molar refractivity (Wildman–Crippen MR) is 131 cm³/mol. The van der Waals surface area contributed by atoms with Crippen molar-refractivity contribution in [3.63, 3.8) is 0 Å². The van der Waals surface area contributed by atoms with Gasteiger partial charge in [-0.25, -0.2) is 4.39 Å². The molecule has 7 heteroatoms. The number of hydrogen-bond donors (Lipinski definition) is 2. The van der Waals surface area contributed by atoms with Crippen LogP contribution in [0.15, 0.2) is 73.2 Å². The second-order valence-corrected chi connectivity index (χ2v) is 8.27. The molecular formula is C27H20FN5O. The number of aromatic nitrogens is 5. The number of pyridine rings is 2. The molecule has 0 amide bonds. The first kappa shape index (κ1) is 20.1. The maximum Gasteiger partial charge on any atom is 0.137 e. The highest BCUT2D eigenvalue weighted by atomic mass is 19.1. The minimum Gasteiger partial charge on any atom is -0.495 e. The fourth-order valence-electron chi connectivity index (χ4n) is 4.38. The van der Waals surface area contributed by atoms with Gasteiger partial charge in [0.05, 0.1) is 36.4 Å². The minimum atomic E-state index is -0.242. The van der Waals surface area contributed by atoms with Gasteiger partial charge in [0.1, 0.15) is 17.3 Å². The monoisotopic (exact) mass is 449 g/mol. The van der Waals surface area contributed by atoms with Crippen molar-refractivity contribution in [1.29, 1.82) is 0 Å². The molecule has 2 aromatic carbocycles. The van der Waals surface area contributed by atoms with E-state index in [9.17, 15) is 4.39 Å². The zero-order chi connectivity index (χ0) is 23.2. The van der Waals surface area contributed by atoms with Gasteiger partial charge in [0.25, 0.3) is 0 Å². The van der Waals surface area contributed by atoms with E-state index < -0.39 is 0 Å². The summed E-state index contributed by atoms with van der Waals surface area (Å²) in [6.45, 7) is 1.90. The lowest BCUT2D eigenvalue weighted by Gasteiger charge is -2.05. The molecule has 0 aliphatic heterocycles. The molecule has 0 bridgehead atoms. The second kappa shape index (κ2) is 7.81. The highest BCUT2D eigenvalue weighted by Gasteiger charge is 2.15. The number of aryl methyl sites for hydroxylation is 1. The molecule has 0 spiro atoms. The zero-order valence-corrected chi connectivity index (χ0v) is 18.6. The lowest BCUT2D eigenvalue weighted by Crippen LogP contribution is -1.88. The van der Waals surface area contributed by atoms with E-state index in [1.807, 2.05) is 43.3 Å². The molecule has 0 radical (unpaired) electrons. The Morgan fingerprint density at radius 2 is 1.79 bits per heavy atom. The van der Waals surface area contributed by atoms with Crippen molar-refractivity contribution in [3.05, 3.63) is 84.6 Å². The first-order chi connectivity index (χ1) is 16.6. The van der Waals surface area contributed by atoms with E-state index in [0.29, 0.717) is 5.75 Å². The van der Waals surface area contributed by atoms with Gasteiger partial charge in [-0.05, 0) is 60.0 Å². The molecule has 0 unspecified atom stereocenters. The van der Waals surface area contributed by atoms with Crippen LogP contribution in [0, 0.1) is 12.7 Å². The Balaban J connectivity index is 1.49. The molecule has 4 heterocycles. The largest absolute Gasteiger partial charge is 0.495 e. The average molecular weight is 449 g/mol. The van der Waals surface area contributed by atoms with Crippen LogP contribution in [0.1, 0.15) is 5.56 Å². The standard InChI is InChI=1S/C27H20FN5O/c1-15-6-16(8-18(28)7-15)20-4-3-5-23-21(20)10-25(31-23)27-22-11-24(30-14-26(22)32-33-27)17-9-19(34-2)13-29-12-17/h3-14,31H,1-2H3,(H,32,33). The van der Waals surface area contributed by atoms with Crippen LogP contribution in [0.3, 0.4) is 0 Å². The summed E-state index contributed by atoms with van der Waals surface area (Å²) in [7, 11) is 1.61. The summed E-state index contributed by atoms with van der Waals surface area (Å²) in [5.41, 5.74) is 7.75. The third kappa shape index (κ3) is 3.38. The fourth-order valence-corrected chi connectivity index (χ4v) is 4.38. The smallest absolute Gasteiger partial charge is 0.137 e. The number of methoxy groups -OCH3 is 1. The third-order valence-electron chi connectivity index (χ3n) is 5.96. The van der Waals surface area contributed by atoms with Crippen molar-refractivity contribution in [3.8, 4) is 39.5 Å². The molecular weight excluding hydrogens is 429 g/mol. The zero-order valence-electron chi connectivity index (χ0n) is 18.6. The van der Waals surface area contributed by atoms with E-state index in [-0.39, 0.29) is 5.82 Å². The number of H-pyrrole nitrogens is 2. The number of nitrogens with zero attached hydrogens (tertiary/aromatic N) is 3. The van der Waals surface area contributed by atoms with Gasteiger partial charge >= 0.3 is 0 Å². The summed E-state index contributed by atoms with van der Waals surface area (Å²) in [4.78, 5) is 12.3. The van der Waals surface area contributed by atoms with Crippen molar-refractivity contribution >= 4 is 21.8 Å². The highest BCUT2D eigenvalue weighted by Crippen LogP contribution is 2.35. The first-order valence-electron chi connectivity index (χ1n) is 10.8. The number of halogens is 1. The van der Waals surface area contributed by atoms with Gasteiger partial charge in [-0.3, -0.25) is 15.1 Å². The maximum absolute atomic E-state index is 14.1. The Hall–Kier alpha value is -4.52. The number of aromatic amines is 2. The quantitative estimate of drug-likeness (QED) is 0.331. The molecule has 6 nitrogen and oxygen atoms in total. The van der Waals surface area contributed by atoms with Gasteiger partial charge in [0.2, 0.25) is 0 Å². The van der Waals surface area contributed by atoms with Crippen LogP contribution in [-0.2, 0) is 0 Å². The van der Waals surface area contributed by atoms with Crippen LogP contribution in [0.2, 0.25) is 0 Å². The summed E-state index contributed by atoms with van der Waals surface area (Å²) >= 11 is 0. The van der Waals surface area contributed by atoms with Crippen molar-refractivity contribution in [2.45, 2.75) is 6.92 Å². The number of nitrogens with one attached hydrogen (secondary N) is 2. The van der Waals surface area contributed by atoms with Crippen LogP contribution in [0.25, 0.3) is 55.6 Å². The molecule has 0 saturated carbocycles. The molecule has 0 fully saturated rings. The van der Waals surface area contributed by atoms with Crippen molar-refractivity contribution in [2.24, 2.45) is 0 Å². The summed E-state index contributed by atoms with van der Waals surface area (Å²) in [6.07, 6.45) is 5.18. The van der Waals surface area contributed by atoms with Crippen molar-refractivity contribution < 1.29 is 9.13 Å². The van der Waals surface area contributed by atoms with Crippen molar-refractivity contribution in [2.75, 3.05) is 7.11 Å². The van der Waals surface area contributed by atoms with E-state index in [0.717, 1.165) is 61.1 Å². The molecule has 0 aliphatic rings. The predicted octanol–water partition coefficient (Wildman–Crippen LogP) is 6.29. The number of rotatable bonds is 4. The van der Waals surface area contributed by atoms with Gasteiger partial charge in [-0.1, -0.05) is 18.2 Å². The average Bonchev–Trinajstić information content (AvgIpc) is 3.46. The molecule has 2 N–H and O–H groups in total. The molecule has 6 aromatic rings. The lowest BCUT2D eigenvalue weighted by molar-refractivity contribution is 0.413. The highest BCUT2D eigenvalue weighted by molar-refractivity contribution is 6.01. The SMILES string of the molecule is COc1cncc(-c2cc3c(-c4cc5c(-c6cc(C)cc(F)c6)cccc5[nH]4)n[nH]c3cn2)c1. The Bertz CT molecular complexity index is 1660. The summed E-state index contributed by atoms with van der Waals surface area (Å²) in [5, 5.41) is 9.57. The lowest BCUT2D eigenvalue weighted by atomic mass is 9.99. The fraction of sp³-hybridized carbons (Fsp3) is 0.0741. The summed E-state index contributed by atoms with van der Waals surface area (Å²) < 4.78 is 19.4. The summed E-state index contributed by atoms with van der Waals surface area (Å²) in [5.74, 6) is 0.427. The Morgan fingerprint density at radius 3 is 2.65 bits per heavy atom. The van der Waals surface area contributed by atoms with E-state index in [4.69, 9.17) is 4.74 Å². The molecule has 0 aliphatic carbocycles. The van der Waals surface area contributed by atoms with Crippen molar-refractivity contribution in [1.82, 2.24) is 25.1 Å². The molecule has 0 saturated heterocycles. The number of ether oxygens (including phenoxy) is 1. The first-order valence-corrected chi connectivity index (χ1v) is 10.8. The molecule has 166 valence electrons. The van der Waals surface area contributed by atoms with Crippen LogP contribution < -0.4 is 4.74 Å². The number of hydrogen-bond acceptors (Lipinski definition) is 4. The topological polar surface area (TPSA) is 79.5 Å². The van der Waals surface area contributed by atoms with E-state index in [2.05, 4.69) is 31.2 Å². The van der Waals surface area contributed by atoms with Gasteiger partial charge < -0.3 is 9.72 Å². The van der Waals surface area contributed by atoms with Gasteiger partial charge in [-0.15, -0.1) is 0 Å². The van der Waals surface area contributed by atoms with Crippen LogP contribution >= 0.6 is 0 Å². The number of fused-ring (bicyclic) bond motifs is 2. The van der Waals surface area contributed by atoms with Gasteiger partial charge in [0, 0.05) is 28.0 Å². The van der Waals surface area contributed by atoms with Crippen LogP contribution in [0.5, 0.6) is 5.75 Å². The van der Waals surface area contributed by atoms with E-state index >= 15 is 0 Å². The van der Waals surface area contributed by atoms with Gasteiger partial charge in [0.15, 0.2) is 0 Å². The van der Waals surface area contributed by atoms with Crippen LogP contribution in [-0.4, -0.2) is 32.3 Å². The van der Waals surface area contributed by atoms with Crippen LogP contribution in [0.4, 0.5) is 4.39 Å². The number of benzene rings is 2. The van der Waals surface area contributed by atoms with E-state index in [1.54, 1.807) is 31.8 Å². The minimum absolute atomic E-state index is 0.242. The molecule has 6 rings (SSSR count). The Labute approximate surface area is 194 Å². The Kier molecular flexibility index (Phi) is 4.62. The normalized spacial score (nSPS) is 11.4. The maximum atomic E-state index is 14.1. The molecule has 0 atom stereocenters.